The van der Waals surface area contributed by atoms with Gasteiger partial charge in [-0.25, -0.2) is 0 Å². The summed E-state index contributed by atoms with van der Waals surface area (Å²) in [5, 5.41) is 23.3. The Morgan fingerprint density at radius 2 is 0.700 bits per heavy atom. The molecule has 0 bridgehead atoms. The number of esters is 1. The van der Waals surface area contributed by atoms with Gasteiger partial charge in [0.2, 0.25) is 5.91 Å². The molecule has 0 aliphatic carbocycles. The second-order valence-electron chi connectivity index (χ2n) is 21.8. The van der Waals surface area contributed by atoms with Gasteiger partial charge in [0, 0.05) is 12.8 Å². The fourth-order valence-electron chi connectivity index (χ4n) is 9.93. The lowest BCUT2D eigenvalue weighted by molar-refractivity contribution is -0.143. The highest BCUT2D eigenvalue weighted by molar-refractivity contribution is 5.76. The van der Waals surface area contributed by atoms with Crippen molar-refractivity contribution in [3.63, 3.8) is 0 Å². The number of carbonyl (C=O) groups is 2. The molecule has 0 heterocycles. The van der Waals surface area contributed by atoms with Crippen molar-refractivity contribution in [2.45, 2.75) is 360 Å². The molecule has 414 valence electrons. The van der Waals surface area contributed by atoms with Gasteiger partial charge in [0.1, 0.15) is 0 Å². The molecule has 0 spiro atoms. The second kappa shape index (κ2) is 59.9. The van der Waals surface area contributed by atoms with Crippen LogP contribution in [-0.4, -0.2) is 47.4 Å². The van der Waals surface area contributed by atoms with Crippen molar-refractivity contribution in [2.75, 3.05) is 13.2 Å². The minimum atomic E-state index is -0.671. The number of aliphatic hydroxyl groups excluding tert-OH is 2. The summed E-state index contributed by atoms with van der Waals surface area (Å²) in [6.45, 7) is 4.94. The SMILES string of the molecule is CCCCCCCCCCCCCCCCCCCC(=O)OCCCCC/C=C\C=C/CCCCCCCCCCCCC(=O)NC(CO)C(O)CCCCCCCCCCCCCCCCCCC. The van der Waals surface area contributed by atoms with Crippen molar-refractivity contribution in [3.05, 3.63) is 24.3 Å². The summed E-state index contributed by atoms with van der Waals surface area (Å²) >= 11 is 0. The first kappa shape index (κ1) is 68.3. The molecule has 0 saturated heterocycles. The summed E-state index contributed by atoms with van der Waals surface area (Å²) in [6, 6.07) is -0.549. The van der Waals surface area contributed by atoms with E-state index in [4.69, 9.17) is 4.74 Å². The maximum absolute atomic E-state index is 12.5. The van der Waals surface area contributed by atoms with E-state index in [2.05, 4.69) is 43.5 Å². The van der Waals surface area contributed by atoms with Crippen LogP contribution in [0, 0.1) is 0 Å². The summed E-state index contributed by atoms with van der Waals surface area (Å²) in [5.74, 6) is -0.0510. The van der Waals surface area contributed by atoms with E-state index < -0.39 is 12.1 Å². The molecule has 0 aromatic carbocycles. The van der Waals surface area contributed by atoms with Gasteiger partial charge in [0.25, 0.3) is 0 Å². The number of allylic oxidation sites excluding steroid dienone is 4. The van der Waals surface area contributed by atoms with Gasteiger partial charge in [0.15, 0.2) is 0 Å². The molecule has 6 nitrogen and oxygen atoms in total. The Balaban J connectivity index is 3.45. The van der Waals surface area contributed by atoms with Crippen LogP contribution in [0.3, 0.4) is 0 Å². The number of rotatable bonds is 59. The van der Waals surface area contributed by atoms with Gasteiger partial charge in [-0.3, -0.25) is 9.59 Å². The summed E-state index contributed by atoms with van der Waals surface area (Å²) in [7, 11) is 0. The van der Waals surface area contributed by atoms with Crippen LogP contribution < -0.4 is 5.32 Å². The van der Waals surface area contributed by atoms with Crippen LogP contribution in [-0.2, 0) is 14.3 Å². The van der Waals surface area contributed by atoms with Crippen molar-refractivity contribution in [1.29, 1.82) is 0 Å². The van der Waals surface area contributed by atoms with Crippen molar-refractivity contribution < 1.29 is 24.5 Å². The minimum absolute atomic E-state index is 0.00878. The molecule has 1 amide bonds. The van der Waals surface area contributed by atoms with Gasteiger partial charge in [-0.05, 0) is 57.8 Å². The molecule has 0 aromatic rings. The van der Waals surface area contributed by atoms with Crippen LogP contribution in [0.2, 0.25) is 0 Å². The van der Waals surface area contributed by atoms with Gasteiger partial charge < -0.3 is 20.3 Å². The zero-order valence-electron chi connectivity index (χ0n) is 47.3. The van der Waals surface area contributed by atoms with Crippen LogP contribution in [0.4, 0.5) is 0 Å². The van der Waals surface area contributed by atoms with E-state index in [9.17, 15) is 19.8 Å². The smallest absolute Gasteiger partial charge is 0.305 e. The van der Waals surface area contributed by atoms with Crippen LogP contribution in [0.15, 0.2) is 24.3 Å². The number of nitrogens with one attached hydrogen (secondary N) is 1. The van der Waals surface area contributed by atoms with Gasteiger partial charge in [-0.2, -0.15) is 0 Å². The number of hydrogen-bond acceptors (Lipinski definition) is 5. The normalized spacial score (nSPS) is 12.7. The highest BCUT2D eigenvalue weighted by Gasteiger charge is 2.20. The molecule has 3 N–H and O–H groups in total. The third-order valence-electron chi connectivity index (χ3n) is 14.8. The molecule has 0 saturated carbocycles. The lowest BCUT2D eigenvalue weighted by Gasteiger charge is -2.22. The van der Waals surface area contributed by atoms with Crippen molar-refractivity contribution in [1.82, 2.24) is 5.32 Å². The molecule has 70 heavy (non-hydrogen) atoms. The first-order valence-corrected chi connectivity index (χ1v) is 31.6. The molecule has 6 heteroatoms. The average molecular weight is 987 g/mol. The number of unbranched alkanes of at least 4 members (excludes halogenated alkanes) is 45. The Bertz CT molecular complexity index is 1090. The van der Waals surface area contributed by atoms with Gasteiger partial charge in [-0.1, -0.05) is 301 Å². The Morgan fingerprint density at radius 1 is 0.400 bits per heavy atom. The van der Waals surface area contributed by atoms with E-state index >= 15 is 0 Å². The molecular formula is C64H123NO5. The first-order valence-electron chi connectivity index (χ1n) is 31.6. The van der Waals surface area contributed by atoms with E-state index in [1.165, 1.54) is 244 Å². The van der Waals surface area contributed by atoms with Crippen molar-refractivity contribution in [2.24, 2.45) is 0 Å². The summed E-state index contributed by atoms with van der Waals surface area (Å²) in [4.78, 5) is 24.6. The standard InChI is InChI=1S/C64H123NO5/c1-3-5-7-9-11-13-15-17-19-24-28-32-36-40-44-48-52-56-62(67)61(60-66)65-63(68)57-53-49-45-41-37-33-29-26-22-21-23-27-31-35-39-43-47-51-55-59-70-64(69)58-54-50-46-42-38-34-30-25-20-18-16-14-12-10-8-6-4-2/h27,31,35,39,61-62,66-67H,3-26,28-30,32-34,36-38,40-60H2,1-2H3,(H,65,68)/b31-27-,39-35-. The Morgan fingerprint density at radius 3 is 1.06 bits per heavy atom. The zero-order chi connectivity index (χ0) is 50.7. The third-order valence-corrected chi connectivity index (χ3v) is 14.8. The summed E-state index contributed by atoms with van der Waals surface area (Å²) in [6.07, 6.45) is 73.3. The number of amides is 1. The maximum Gasteiger partial charge on any atom is 0.305 e. The third kappa shape index (κ3) is 55.7. The second-order valence-corrected chi connectivity index (χ2v) is 21.8. The van der Waals surface area contributed by atoms with Crippen LogP contribution in [0.1, 0.15) is 348 Å². The molecule has 0 fully saturated rings. The summed E-state index contributed by atoms with van der Waals surface area (Å²) in [5.41, 5.74) is 0. The van der Waals surface area contributed by atoms with E-state index in [0.717, 1.165) is 70.6 Å². The van der Waals surface area contributed by atoms with E-state index in [1.54, 1.807) is 0 Å². The van der Waals surface area contributed by atoms with E-state index in [-0.39, 0.29) is 18.5 Å². The fourth-order valence-corrected chi connectivity index (χ4v) is 9.93. The molecule has 0 radical (unpaired) electrons. The van der Waals surface area contributed by atoms with Crippen LogP contribution in [0.25, 0.3) is 0 Å². The molecular weight excluding hydrogens is 863 g/mol. The molecule has 0 aliphatic rings. The molecule has 0 rings (SSSR count). The average Bonchev–Trinajstić information content (AvgIpc) is 3.36. The Hall–Kier alpha value is -1.66. The number of ether oxygens (including phenoxy) is 1. The monoisotopic (exact) mass is 986 g/mol. The highest BCUT2D eigenvalue weighted by Crippen LogP contribution is 2.18. The molecule has 0 aromatic heterocycles. The van der Waals surface area contributed by atoms with Gasteiger partial charge >= 0.3 is 5.97 Å². The molecule has 2 atom stereocenters. The lowest BCUT2D eigenvalue weighted by atomic mass is 10.0. The zero-order valence-corrected chi connectivity index (χ0v) is 47.3. The quantitative estimate of drug-likeness (QED) is 0.0321. The van der Waals surface area contributed by atoms with Gasteiger partial charge in [0.05, 0.1) is 25.4 Å². The predicted octanol–water partition coefficient (Wildman–Crippen LogP) is 19.8. The largest absolute Gasteiger partial charge is 0.466 e. The topological polar surface area (TPSA) is 95.9 Å². The Kier molecular flexibility index (Phi) is 58.5. The number of hydrogen-bond donors (Lipinski definition) is 3. The minimum Gasteiger partial charge on any atom is -0.466 e. The summed E-state index contributed by atoms with van der Waals surface area (Å²) < 4.78 is 5.47. The van der Waals surface area contributed by atoms with Crippen molar-refractivity contribution >= 4 is 11.9 Å². The van der Waals surface area contributed by atoms with E-state index in [0.29, 0.717) is 25.9 Å². The van der Waals surface area contributed by atoms with Crippen LogP contribution >= 0.6 is 0 Å². The first-order chi connectivity index (χ1) is 34.5. The van der Waals surface area contributed by atoms with Gasteiger partial charge in [-0.15, -0.1) is 0 Å². The highest BCUT2D eigenvalue weighted by atomic mass is 16.5. The molecule has 0 aliphatic heterocycles. The van der Waals surface area contributed by atoms with Crippen LogP contribution in [0.5, 0.6) is 0 Å². The predicted molar refractivity (Wildman–Crippen MR) is 306 cm³/mol. The van der Waals surface area contributed by atoms with E-state index in [1.807, 2.05) is 0 Å². The van der Waals surface area contributed by atoms with Crippen molar-refractivity contribution in [3.8, 4) is 0 Å². The lowest BCUT2D eigenvalue weighted by Crippen LogP contribution is -2.45. The fraction of sp³-hybridized carbons (Fsp3) is 0.906. The number of aliphatic hydroxyl groups is 2. The molecule has 2 unspecified atom stereocenters. The maximum atomic E-state index is 12.5. The Labute approximate surface area is 437 Å². The number of carbonyl (C=O) groups excluding carboxylic acids is 2.